The van der Waals surface area contributed by atoms with Gasteiger partial charge in [0.2, 0.25) is 11.8 Å². The van der Waals surface area contributed by atoms with Crippen molar-refractivity contribution in [1.29, 1.82) is 0 Å². The standard InChI is InChI=1S/C18H29N3O4/c1-18(2,3)16(23)21-8-4-5-14(21)15(22)19-9-6-13(7-10-19)20-11-12-25-17(20)24/h13-14H,4-12H2,1-3H3/t14-/m1/s1. The van der Waals surface area contributed by atoms with E-state index in [9.17, 15) is 14.4 Å². The summed E-state index contributed by atoms with van der Waals surface area (Å²) in [4.78, 5) is 42.7. The van der Waals surface area contributed by atoms with Crippen molar-refractivity contribution in [2.45, 2.75) is 58.5 Å². The van der Waals surface area contributed by atoms with Crippen LogP contribution in [0.4, 0.5) is 4.79 Å². The van der Waals surface area contributed by atoms with E-state index in [-0.39, 0.29) is 30.0 Å². The number of cyclic esters (lactones) is 1. The summed E-state index contributed by atoms with van der Waals surface area (Å²) in [7, 11) is 0. The molecule has 0 aromatic carbocycles. The highest BCUT2D eigenvalue weighted by atomic mass is 16.6. The third-order valence-corrected chi connectivity index (χ3v) is 5.45. The first kappa shape index (κ1) is 18.0. The minimum atomic E-state index is -0.466. The molecule has 3 fully saturated rings. The Morgan fingerprint density at radius 3 is 2.28 bits per heavy atom. The summed E-state index contributed by atoms with van der Waals surface area (Å²) in [6.07, 6.45) is 2.96. The van der Waals surface area contributed by atoms with Gasteiger partial charge in [0.1, 0.15) is 12.6 Å². The Morgan fingerprint density at radius 2 is 1.72 bits per heavy atom. The quantitative estimate of drug-likeness (QED) is 0.755. The monoisotopic (exact) mass is 351 g/mol. The van der Waals surface area contributed by atoms with Crippen LogP contribution >= 0.6 is 0 Å². The Kier molecular flexibility index (Phi) is 4.93. The molecule has 25 heavy (non-hydrogen) atoms. The van der Waals surface area contributed by atoms with Gasteiger partial charge < -0.3 is 19.4 Å². The number of hydrogen-bond acceptors (Lipinski definition) is 4. The van der Waals surface area contributed by atoms with Crippen molar-refractivity contribution in [2.24, 2.45) is 5.41 Å². The molecule has 0 N–H and O–H groups in total. The van der Waals surface area contributed by atoms with Crippen LogP contribution in [0, 0.1) is 5.41 Å². The normalized spacial score (nSPS) is 25.5. The Morgan fingerprint density at radius 1 is 1.04 bits per heavy atom. The molecular formula is C18H29N3O4. The molecule has 3 aliphatic rings. The Bertz CT molecular complexity index is 549. The fourth-order valence-electron chi connectivity index (χ4n) is 4.04. The summed E-state index contributed by atoms with van der Waals surface area (Å²) in [6.45, 7) is 8.75. The number of nitrogens with zero attached hydrogens (tertiary/aromatic N) is 3. The van der Waals surface area contributed by atoms with Gasteiger partial charge >= 0.3 is 6.09 Å². The van der Waals surface area contributed by atoms with Gasteiger partial charge in [0.25, 0.3) is 0 Å². The van der Waals surface area contributed by atoms with Gasteiger partial charge in [-0.3, -0.25) is 9.59 Å². The van der Waals surface area contributed by atoms with E-state index in [2.05, 4.69) is 0 Å². The van der Waals surface area contributed by atoms with Crippen LogP contribution in [-0.2, 0) is 14.3 Å². The van der Waals surface area contributed by atoms with Gasteiger partial charge in [-0.15, -0.1) is 0 Å². The second-order valence-corrected chi connectivity index (χ2v) is 8.27. The Labute approximate surface area is 149 Å². The van der Waals surface area contributed by atoms with E-state index in [0.717, 1.165) is 25.7 Å². The molecule has 1 atom stereocenters. The van der Waals surface area contributed by atoms with Crippen molar-refractivity contribution in [2.75, 3.05) is 32.8 Å². The number of hydrogen-bond donors (Lipinski definition) is 0. The van der Waals surface area contributed by atoms with Crippen molar-refractivity contribution < 1.29 is 19.1 Å². The Hall–Kier alpha value is -1.79. The zero-order valence-corrected chi connectivity index (χ0v) is 15.5. The third kappa shape index (κ3) is 3.60. The predicted octanol–water partition coefficient (Wildman–Crippen LogP) is 1.47. The maximum atomic E-state index is 13.0. The van der Waals surface area contributed by atoms with E-state index >= 15 is 0 Å². The average molecular weight is 351 g/mol. The van der Waals surface area contributed by atoms with E-state index in [1.165, 1.54) is 0 Å². The van der Waals surface area contributed by atoms with Gasteiger partial charge in [0, 0.05) is 31.1 Å². The lowest BCUT2D eigenvalue weighted by molar-refractivity contribution is -0.149. The average Bonchev–Trinajstić information content (AvgIpc) is 3.21. The fourth-order valence-corrected chi connectivity index (χ4v) is 4.04. The first-order valence-electron chi connectivity index (χ1n) is 9.32. The van der Waals surface area contributed by atoms with Gasteiger partial charge in [-0.2, -0.15) is 0 Å². The molecule has 140 valence electrons. The van der Waals surface area contributed by atoms with Crippen LogP contribution in [0.25, 0.3) is 0 Å². The molecule has 3 heterocycles. The van der Waals surface area contributed by atoms with Crippen LogP contribution in [-0.4, -0.2) is 77.5 Å². The van der Waals surface area contributed by atoms with Crippen molar-refractivity contribution in [3.63, 3.8) is 0 Å². The van der Waals surface area contributed by atoms with E-state index in [1.807, 2.05) is 25.7 Å². The summed E-state index contributed by atoms with van der Waals surface area (Å²) in [6, 6.07) is -0.157. The van der Waals surface area contributed by atoms with Crippen LogP contribution in [0.2, 0.25) is 0 Å². The minimum Gasteiger partial charge on any atom is -0.448 e. The number of carbonyl (C=O) groups is 3. The van der Waals surface area contributed by atoms with E-state index in [4.69, 9.17) is 4.74 Å². The number of ether oxygens (including phenoxy) is 1. The topological polar surface area (TPSA) is 70.2 Å². The van der Waals surface area contributed by atoms with Gasteiger partial charge in [-0.05, 0) is 25.7 Å². The number of rotatable bonds is 2. The Balaban J connectivity index is 1.58. The lowest BCUT2D eigenvalue weighted by Crippen LogP contribution is -2.54. The molecule has 0 aromatic rings. The van der Waals surface area contributed by atoms with Crippen LogP contribution < -0.4 is 0 Å². The highest BCUT2D eigenvalue weighted by Gasteiger charge is 2.41. The van der Waals surface area contributed by atoms with Crippen molar-refractivity contribution in [1.82, 2.24) is 14.7 Å². The van der Waals surface area contributed by atoms with Crippen LogP contribution in [0.5, 0.6) is 0 Å². The van der Waals surface area contributed by atoms with Gasteiger partial charge in [-0.25, -0.2) is 4.79 Å². The second kappa shape index (κ2) is 6.84. The third-order valence-electron chi connectivity index (χ3n) is 5.45. The first-order chi connectivity index (χ1) is 11.8. The summed E-state index contributed by atoms with van der Waals surface area (Å²) in [5.74, 6) is 0.121. The molecule has 0 bridgehead atoms. The first-order valence-corrected chi connectivity index (χ1v) is 9.32. The van der Waals surface area contributed by atoms with E-state index in [0.29, 0.717) is 32.8 Å². The number of amides is 3. The zero-order chi connectivity index (χ0) is 18.2. The van der Waals surface area contributed by atoms with E-state index in [1.54, 1.807) is 9.80 Å². The molecule has 3 amide bonds. The summed E-state index contributed by atoms with van der Waals surface area (Å²) in [5.41, 5.74) is -0.466. The van der Waals surface area contributed by atoms with Crippen molar-refractivity contribution in [3.8, 4) is 0 Å². The number of likely N-dealkylation sites (tertiary alicyclic amines) is 2. The van der Waals surface area contributed by atoms with Crippen LogP contribution in [0.15, 0.2) is 0 Å². The highest BCUT2D eigenvalue weighted by molar-refractivity contribution is 5.90. The molecule has 3 rings (SSSR count). The summed E-state index contributed by atoms with van der Waals surface area (Å²) in [5, 5.41) is 0. The molecule has 0 aromatic heterocycles. The molecule has 3 saturated heterocycles. The van der Waals surface area contributed by atoms with E-state index < -0.39 is 5.41 Å². The highest BCUT2D eigenvalue weighted by Crippen LogP contribution is 2.28. The molecular weight excluding hydrogens is 322 g/mol. The maximum Gasteiger partial charge on any atom is 0.410 e. The lowest BCUT2D eigenvalue weighted by atomic mass is 9.94. The molecule has 3 aliphatic heterocycles. The van der Waals surface area contributed by atoms with Gasteiger partial charge in [0.15, 0.2) is 0 Å². The minimum absolute atomic E-state index is 0.0537. The zero-order valence-electron chi connectivity index (χ0n) is 15.5. The largest absolute Gasteiger partial charge is 0.448 e. The molecule has 0 unspecified atom stereocenters. The molecule has 7 nitrogen and oxygen atoms in total. The lowest BCUT2D eigenvalue weighted by Gasteiger charge is -2.38. The molecule has 0 aliphatic carbocycles. The summed E-state index contributed by atoms with van der Waals surface area (Å²) >= 11 is 0. The second-order valence-electron chi connectivity index (χ2n) is 8.27. The predicted molar refractivity (Wildman–Crippen MR) is 91.8 cm³/mol. The van der Waals surface area contributed by atoms with Gasteiger partial charge in [0.05, 0.1) is 6.54 Å². The number of piperidine rings is 1. The fraction of sp³-hybridized carbons (Fsp3) is 0.833. The maximum absolute atomic E-state index is 13.0. The molecule has 7 heteroatoms. The van der Waals surface area contributed by atoms with Crippen LogP contribution in [0.1, 0.15) is 46.5 Å². The number of carbonyl (C=O) groups excluding carboxylic acids is 3. The molecule has 0 saturated carbocycles. The molecule has 0 radical (unpaired) electrons. The van der Waals surface area contributed by atoms with Crippen LogP contribution in [0.3, 0.4) is 0 Å². The SMILES string of the molecule is CC(C)(C)C(=O)N1CCC[C@@H]1C(=O)N1CCC(N2CCOC2=O)CC1. The molecule has 0 spiro atoms. The smallest absolute Gasteiger partial charge is 0.410 e. The van der Waals surface area contributed by atoms with Crippen molar-refractivity contribution in [3.05, 3.63) is 0 Å². The van der Waals surface area contributed by atoms with Crippen molar-refractivity contribution >= 4 is 17.9 Å². The summed E-state index contributed by atoms with van der Waals surface area (Å²) < 4.78 is 5.01. The van der Waals surface area contributed by atoms with Gasteiger partial charge in [-0.1, -0.05) is 20.8 Å².